The van der Waals surface area contributed by atoms with E-state index >= 15 is 0 Å². The first kappa shape index (κ1) is 10.4. The normalized spacial score (nSPS) is 11.9. The van der Waals surface area contributed by atoms with E-state index < -0.39 is 23.4 Å². The van der Waals surface area contributed by atoms with Crippen LogP contribution in [0.25, 0.3) is 5.52 Å². The number of pyridine rings is 1. The quantitative estimate of drug-likeness (QED) is 0.806. The zero-order chi connectivity index (χ0) is 11.9. The van der Waals surface area contributed by atoms with Crippen molar-refractivity contribution in [3.63, 3.8) is 0 Å². The number of carboxylic acids is 1. The topological polar surface area (TPSA) is 67.5 Å². The highest BCUT2D eigenvalue weighted by molar-refractivity contribution is 5.93. The number of alkyl halides is 3. The van der Waals surface area contributed by atoms with Gasteiger partial charge < -0.3 is 5.11 Å². The zero-order valence-electron chi connectivity index (χ0n) is 7.56. The van der Waals surface area contributed by atoms with E-state index in [9.17, 15) is 18.0 Å². The van der Waals surface area contributed by atoms with Gasteiger partial charge in [0.1, 0.15) is 5.52 Å². The highest BCUT2D eigenvalue weighted by atomic mass is 19.4. The van der Waals surface area contributed by atoms with Crippen molar-refractivity contribution in [3.05, 3.63) is 29.6 Å². The van der Waals surface area contributed by atoms with E-state index in [-0.39, 0.29) is 5.52 Å². The molecule has 0 aliphatic carbocycles. The van der Waals surface area contributed by atoms with Gasteiger partial charge in [0.25, 0.3) is 0 Å². The second-order valence-corrected chi connectivity index (χ2v) is 2.99. The summed E-state index contributed by atoms with van der Waals surface area (Å²) in [6, 6.07) is 1.50. The van der Waals surface area contributed by atoms with E-state index in [1.165, 1.54) is 0 Å². The number of rotatable bonds is 1. The van der Waals surface area contributed by atoms with Crippen molar-refractivity contribution in [1.82, 2.24) is 14.8 Å². The third-order valence-corrected chi connectivity index (χ3v) is 1.95. The molecule has 8 heteroatoms. The van der Waals surface area contributed by atoms with E-state index in [0.717, 1.165) is 16.8 Å². The molecule has 0 spiro atoms. The van der Waals surface area contributed by atoms with Gasteiger partial charge in [-0.15, -0.1) is 5.10 Å². The predicted molar refractivity (Wildman–Crippen MR) is 44.9 cm³/mol. The number of aromatic nitrogens is 3. The molecular formula is C8H4F3N3O2. The molecule has 0 aromatic carbocycles. The van der Waals surface area contributed by atoms with E-state index in [4.69, 9.17) is 5.11 Å². The molecule has 0 aliphatic heterocycles. The summed E-state index contributed by atoms with van der Waals surface area (Å²) in [4.78, 5) is 10.6. The monoisotopic (exact) mass is 231 g/mol. The van der Waals surface area contributed by atoms with Crippen molar-refractivity contribution in [2.24, 2.45) is 0 Å². The van der Waals surface area contributed by atoms with Crippen molar-refractivity contribution in [2.45, 2.75) is 6.18 Å². The Bertz CT molecular complexity index is 561. The van der Waals surface area contributed by atoms with Crippen LogP contribution >= 0.6 is 0 Å². The van der Waals surface area contributed by atoms with Crippen molar-refractivity contribution in [3.8, 4) is 0 Å². The minimum absolute atomic E-state index is 0.192. The van der Waals surface area contributed by atoms with Gasteiger partial charge in [-0.2, -0.15) is 13.2 Å². The lowest BCUT2D eigenvalue weighted by molar-refractivity contribution is -0.137. The maximum absolute atomic E-state index is 12.4. The molecule has 0 unspecified atom stereocenters. The number of carboxylic acid groups (broad SMARTS) is 1. The molecular weight excluding hydrogens is 227 g/mol. The van der Waals surface area contributed by atoms with Gasteiger partial charge in [-0.3, -0.25) is 0 Å². The maximum Gasteiger partial charge on any atom is 0.416 e. The molecule has 2 heterocycles. The van der Waals surface area contributed by atoms with Gasteiger partial charge in [-0.25, -0.2) is 9.31 Å². The Morgan fingerprint density at radius 1 is 1.44 bits per heavy atom. The van der Waals surface area contributed by atoms with E-state index in [1.807, 2.05) is 0 Å². The third-order valence-electron chi connectivity index (χ3n) is 1.95. The van der Waals surface area contributed by atoms with Crippen LogP contribution in [-0.2, 0) is 6.18 Å². The van der Waals surface area contributed by atoms with Crippen molar-refractivity contribution < 1.29 is 23.1 Å². The molecule has 1 N–H and O–H groups in total. The Kier molecular flexibility index (Phi) is 2.07. The van der Waals surface area contributed by atoms with Crippen LogP contribution in [0.15, 0.2) is 18.3 Å². The average molecular weight is 231 g/mol. The molecule has 0 amide bonds. The minimum atomic E-state index is -4.53. The van der Waals surface area contributed by atoms with Gasteiger partial charge in [-0.05, 0) is 12.1 Å². The molecule has 0 atom stereocenters. The molecule has 0 fully saturated rings. The number of nitrogens with zero attached hydrogens (tertiary/aromatic N) is 3. The van der Waals surface area contributed by atoms with Crippen LogP contribution < -0.4 is 0 Å². The molecule has 2 aromatic heterocycles. The maximum atomic E-state index is 12.4. The van der Waals surface area contributed by atoms with E-state index in [1.54, 1.807) is 0 Å². The molecule has 0 radical (unpaired) electrons. The van der Waals surface area contributed by atoms with E-state index in [0.29, 0.717) is 6.07 Å². The van der Waals surface area contributed by atoms with Gasteiger partial charge in [0.05, 0.1) is 5.56 Å². The van der Waals surface area contributed by atoms with Gasteiger partial charge in [0, 0.05) is 6.20 Å². The molecule has 0 bridgehead atoms. The Morgan fingerprint density at radius 2 is 2.12 bits per heavy atom. The first-order chi connectivity index (χ1) is 7.39. The summed E-state index contributed by atoms with van der Waals surface area (Å²) in [5, 5.41) is 15.3. The Morgan fingerprint density at radius 3 is 2.69 bits per heavy atom. The van der Waals surface area contributed by atoms with Crippen LogP contribution in [0.4, 0.5) is 13.2 Å². The summed E-state index contributed by atoms with van der Waals surface area (Å²) in [5.41, 5.74) is -1.64. The summed E-state index contributed by atoms with van der Waals surface area (Å²) in [6.45, 7) is 0. The Balaban J connectivity index is 2.68. The second-order valence-electron chi connectivity index (χ2n) is 2.99. The largest absolute Gasteiger partial charge is 0.476 e. The lowest BCUT2D eigenvalue weighted by Crippen LogP contribution is -2.06. The number of hydrogen-bond donors (Lipinski definition) is 1. The third kappa shape index (κ3) is 1.58. The number of fused-ring (bicyclic) bond motifs is 1. The number of halogens is 3. The molecule has 2 rings (SSSR count). The second kappa shape index (κ2) is 3.19. The van der Waals surface area contributed by atoms with Crippen LogP contribution in [-0.4, -0.2) is 25.9 Å². The molecule has 16 heavy (non-hydrogen) atoms. The van der Waals surface area contributed by atoms with E-state index in [2.05, 4.69) is 10.3 Å². The molecule has 84 valence electrons. The summed E-state index contributed by atoms with van der Waals surface area (Å²) in [6.07, 6.45) is -3.51. The Hall–Kier alpha value is -2.12. The standard InChI is InChI=1S/C8H4F3N3O2/c9-8(10,11)4-1-2-14-5(3-4)6(7(15)16)12-13-14/h1-3H,(H,15,16). The smallest absolute Gasteiger partial charge is 0.416 e. The van der Waals surface area contributed by atoms with Crippen molar-refractivity contribution in [2.75, 3.05) is 0 Å². The fraction of sp³-hybridized carbons (Fsp3) is 0.125. The van der Waals surface area contributed by atoms with Gasteiger partial charge in [0.2, 0.25) is 0 Å². The van der Waals surface area contributed by atoms with Crippen LogP contribution in [0.3, 0.4) is 0 Å². The average Bonchev–Trinajstić information content (AvgIpc) is 2.58. The number of carbonyl (C=O) groups is 1. The lowest BCUT2D eigenvalue weighted by atomic mass is 10.2. The minimum Gasteiger partial charge on any atom is -0.476 e. The van der Waals surface area contributed by atoms with Gasteiger partial charge in [-0.1, -0.05) is 5.21 Å². The fourth-order valence-corrected chi connectivity index (χ4v) is 1.22. The molecule has 5 nitrogen and oxygen atoms in total. The van der Waals surface area contributed by atoms with Gasteiger partial charge >= 0.3 is 12.1 Å². The predicted octanol–water partition coefficient (Wildman–Crippen LogP) is 1.45. The highest BCUT2D eigenvalue weighted by Crippen LogP contribution is 2.29. The number of hydrogen-bond acceptors (Lipinski definition) is 3. The fourth-order valence-electron chi connectivity index (χ4n) is 1.22. The molecule has 0 saturated heterocycles. The molecule has 0 aliphatic rings. The summed E-state index contributed by atoms with van der Waals surface area (Å²) in [5.74, 6) is -1.42. The summed E-state index contributed by atoms with van der Waals surface area (Å²) in [7, 11) is 0. The van der Waals surface area contributed by atoms with Crippen LogP contribution in [0.2, 0.25) is 0 Å². The summed E-state index contributed by atoms with van der Waals surface area (Å²) >= 11 is 0. The lowest BCUT2D eigenvalue weighted by Gasteiger charge is -2.05. The van der Waals surface area contributed by atoms with Crippen LogP contribution in [0, 0.1) is 0 Å². The van der Waals surface area contributed by atoms with Crippen molar-refractivity contribution in [1.29, 1.82) is 0 Å². The van der Waals surface area contributed by atoms with Gasteiger partial charge in [0.15, 0.2) is 5.69 Å². The number of aromatic carboxylic acids is 1. The summed E-state index contributed by atoms with van der Waals surface area (Å²) < 4.78 is 38.0. The van der Waals surface area contributed by atoms with Crippen LogP contribution in [0.1, 0.15) is 16.1 Å². The van der Waals surface area contributed by atoms with Crippen molar-refractivity contribution >= 4 is 11.5 Å². The Labute approximate surface area is 86.1 Å². The first-order valence-electron chi connectivity index (χ1n) is 4.05. The molecule has 0 saturated carbocycles. The first-order valence-corrected chi connectivity index (χ1v) is 4.05. The molecule has 2 aromatic rings. The zero-order valence-corrected chi connectivity index (χ0v) is 7.56. The highest BCUT2D eigenvalue weighted by Gasteiger charge is 2.31. The SMILES string of the molecule is O=C(O)c1nnn2ccc(C(F)(F)F)cc12. The van der Waals surface area contributed by atoms with Crippen LogP contribution in [0.5, 0.6) is 0 Å².